The molecule has 0 aliphatic heterocycles. The number of hydrogen-bond acceptors (Lipinski definition) is 7. The van der Waals surface area contributed by atoms with Gasteiger partial charge in [0, 0.05) is 23.5 Å². The summed E-state index contributed by atoms with van der Waals surface area (Å²) in [4.78, 5) is 23.1. The second kappa shape index (κ2) is 12.5. The van der Waals surface area contributed by atoms with Gasteiger partial charge in [-0.2, -0.15) is 5.10 Å². The van der Waals surface area contributed by atoms with E-state index < -0.39 is 4.92 Å². The average Bonchev–Trinajstić information content (AvgIpc) is 3.36. The number of hydrogen-bond donors (Lipinski definition) is 1. The predicted octanol–water partition coefficient (Wildman–Crippen LogP) is 6.36. The lowest BCUT2D eigenvalue weighted by molar-refractivity contribution is -0.385. The third-order valence-corrected chi connectivity index (χ3v) is 6.96. The van der Waals surface area contributed by atoms with Crippen molar-refractivity contribution in [3.05, 3.63) is 106 Å². The highest BCUT2D eigenvalue weighted by Crippen LogP contribution is 2.30. The number of nitro benzene ring substituents is 1. The molecule has 0 unspecified atom stereocenters. The van der Waals surface area contributed by atoms with Gasteiger partial charge in [0.2, 0.25) is 0 Å². The zero-order valence-corrected chi connectivity index (χ0v) is 23.6. The number of amides is 1. The van der Waals surface area contributed by atoms with Crippen molar-refractivity contribution in [2.75, 3.05) is 5.75 Å². The molecule has 0 spiro atoms. The maximum absolute atomic E-state index is 12.5. The van der Waals surface area contributed by atoms with Crippen molar-refractivity contribution in [1.29, 1.82) is 0 Å². The second-order valence-corrected chi connectivity index (χ2v) is 11.0. The Morgan fingerprint density at radius 3 is 2.42 bits per heavy atom. The van der Waals surface area contributed by atoms with Gasteiger partial charge in [0.1, 0.15) is 0 Å². The molecule has 1 heterocycles. The quantitative estimate of drug-likeness (QED) is 0.111. The fraction of sp³-hybridized carbons (Fsp3) is 0.200. The van der Waals surface area contributed by atoms with E-state index in [2.05, 4.69) is 53.6 Å². The number of nitrogens with zero attached hydrogens (tertiary/aromatic N) is 5. The first-order chi connectivity index (χ1) is 19.1. The van der Waals surface area contributed by atoms with Crippen LogP contribution in [0.4, 0.5) is 5.69 Å². The molecule has 0 atom stereocenters. The van der Waals surface area contributed by atoms with Gasteiger partial charge in [0.15, 0.2) is 11.0 Å². The van der Waals surface area contributed by atoms with Crippen LogP contribution < -0.4 is 5.43 Å². The molecule has 4 aromatic rings. The normalized spacial score (nSPS) is 11.8. The Bertz CT molecular complexity index is 1550. The Morgan fingerprint density at radius 1 is 1.05 bits per heavy atom. The van der Waals surface area contributed by atoms with Gasteiger partial charge in [-0.05, 0) is 48.3 Å². The molecule has 0 radical (unpaired) electrons. The number of para-hydroxylation sites is 1. The van der Waals surface area contributed by atoms with E-state index in [1.807, 2.05) is 47.9 Å². The number of rotatable bonds is 9. The molecule has 0 bridgehead atoms. The van der Waals surface area contributed by atoms with Crippen LogP contribution in [0.15, 0.2) is 89.1 Å². The third kappa shape index (κ3) is 7.09. The van der Waals surface area contributed by atoms with E-state index in [4.69, 9.17) is 0 Å². The molecule has 204 valence electrons. The maximum Gasteiger partial charge on any atom is 0.276 e. The van der Waals surface area contributed by atoms with Crippen LogP contribution in [0.5, 0.6) is 0 Å². The van der Waals surface area contributed by atoms with Crippen LogP contribution in [0.1, 0.15) is 37.5 Å². The summed E-state index contributed by atoms with van der Waals surface area (Å²) < 4.78 is 1.95. The fourth-order valence-corrected chi connectivity index (χ4v) is 4.60. The van der Waals surface area contributed by atoms with Crippen LogP contribution in [-0.4, -0.2) is 37.6 Å². The molecular weight excluding hydrogens is 524 g/mol. The smallest absolute Gasteiger partial charge is 0.272 e. The molecule has 0 fully saturated rings. The molecule has 0 saturated carbocycles. The number of benzene rings is 3. The van der Waals surface area contributed by atoms with Crippen LogP contribution in [0.25, 0.3) is 23.2 Å². The standard InChI is InChI=1S/C30H30N6O3S/c1-21-11-17-25(18-12-21)35-28(23-13-15-24(16-14-23)30(2,3)4)33-34-29(35)40-20-27(37)32-31-19-7-9-22-8-5-6-10-26(22)36(38)39/h5-19H,20H2,1-4H3,(H,32,37). The highest BCUT2D eigenvalue weighted by Gasteiger charge is 2.19. The maximum atomic E-state index is 12.5. The molecular formula is C30H30N6O3S. The summed E-state index contributed by atoms with van der Waals surface area (Å²) in [6.45, 7) is 8.55. The summed E-state index contributed by atoms with van der Waals surface area (Å²) in [6.07, 6.45) is 4.45. The second-order valence-electron chi connectivity index (χ2n) is 10.1. The number of nitrogens with one attached hydrogen (secondary N) is 1. The van der Waals surface area contributed by atoms with E-state index in [1.54, 1.807) is 24.3 Å². The Hall–Kier alpha value is -4.57. The van der Waals surface area contributed by atoms with Gasteiger partial charge in [0.05, 0.1) is 16.2 Å². The molecule has 0 saturated heterocycles. The molecule has 1 aromatic heterocycles. The first-order valence-corrected chi connectivity index (χ1v) is 13.6. The molecule has 1 N–H and O–H groups in total. The number of hydrazone groups is 1. The van der Waals surface area contributed by atoms with Gasteiger partial charge in [-0.1, -0.05) is 86.6 Å². The lowest BCUT2D eigenvalue weighted by atomic mass is 9.87. The van der Waals surface area contributed by atoms with Crippen LogP contribution in [-0.2, 0) is 10.2 Å². The molecule has 4 rings (SSSR count). The molecule has 0 aliphatic rings. The van der Waals surface area contributed by atoms with Crippen molar-refractivity contribution in [2.45, 2.75) is 38.3 Å². The zero-order valence-electron chi connectivity index (χ0n) is 22.7. The monoisotopic (exact) mass is 554 g/mol. The van der Waals surface area contributed by atoms with Crippen molar-refractivity contribution >= 4 is 35.6 Å². The summed E-state index contributed by atoms with van der Waals surface area (Å²) >= 11 is 1.25. The van der Waals surface area contributed by atoms with Crippen LogP contribution in [0, 0.1) is 17.0 Å². The number of allylic oxidation sites excluding steroid dienone is 1. The number of aryl methyl sites for hydroxylation is 1. The third-order valence-electron chi connectivity index (χ3n) is 6.03. The van der Waals surface area contributed by atoms with Crippen molar-refractivity contribution in [3.63, 3.8) is 0 Å². The first kappa shape index (κ1) is 28.4. The highest BCUT2D eigenvalue weighted by molar-refractivity contribution is 7.99. The van der Waals surface area contributed by atoms with E-state index in [9.17, 15) is 14.9 Å². The van der Waals surface area contributed by atoms with Crippen LogP contribution >= 0.6 is 11.8 Å². The van der Waals surface area contributed by atoms with Crippen LogP contribution in [0.2, 0.25) is 0 Å². The lowest BCUT2D eigenvalue weighted by Crippen LogP contribution is -2.19. The average molecular weight is 555 g/mol. The summed E-state index contributed by atoms with van der Waals surface area (Å²) in [5.41, 5.74) is 7.12. The molecule has 9 nitrogen and oxygen atoms in total. The molecule has 10 heteroatoms. The van der Waals surface area contributed by atoms with Gasteiger partial charge in [-0.3, -0.25) is 19.5 Å². The highest BCUT2D eigenvalue weighted by atomic mass is 32.2. The van der Waals surface area contributed by atoms with E-state index in [1.165, 1.54) is 35.7 Å². The largest absolute Gasteiger partial charge is 0.276 e. The minimum absolute atomic E-state index is 0.00483. The number of nitro groups is 1. The molecule has 0 aliphatic carbocycles. The summed E-state index contributed by atoms with van der Waals surface area (Å²) in [5, 5.41) is 24.5. The van der Waals surface area contributed by atoms with Gasteiger partial charge < -0.3 is 0 Å². The Labute approximate surface area is 237 Å². The summed E-state index contributed by atoms with van der Waals surface area (Å²) in [6, 6.07) is 22.7. The number of carbonyl (C=O) groups excluding carboxylic acids is 1. The first-order valence-electron chi connectivity index (χ1n) is 12.6. The van der Waals surface area contributed by atoms with Gasteiger partial charge >= 0.3 is 0 Å². The van der Waals surface area contributed by atoms with Crippen molar-refractivity contribution in [2.24, 2.45) is 5.10 Å². The topological polar surface area (TPSA) is 115 Å². The van der Waals surface area contributed by atoms with E-state index in [0.29, 0.717) is 16.5 Å². The van der Waals surface area contributed by atoms with Crippen molar-refractivity contribution in [3.8, 4) is 17.1 Å². The summed E-state index contributed by atoms with van der Waals surface area (Å²) in [7, 11) is 0. The molecule has 3 aromatic carbocycles. The molecule has 40 heavy (non-hydrogen) atoms. The van der Waals surface area contributed by atoms with Crippen molar-refractivity contribution < 1.29 is 9.72 Å². The SMILES string of the molecule is Cc1ccc(-n2c(SCC(=O)NN=CC=Cc3ccccc3[N+](=O)[O-])nnc2-c2ccc(C(C)(C)C)cc2)cc1. The van der Waals surface area contributed by atoms with E-state index >= 15 is 0 Å². The Balaban J connectivity index is 1.47. The van der Waals surface area contributed by atoms with Gasteiger partial charge in [-0.15, -0.1) is 10.2 Å². The van der Waals surface area contributed by atoms with Gasteiger partial charge in [-0.25, -0.2) is 5.43 Å². The number of carbonyl (C=O) groups is 1. The van der Waals surface area contributed by atoms with E-state index in [-0.39, 0.29) is 22.8 Å². The van der Waals surface area contributed by atoms with Gasteiger partial charge in [0.25, 0.3) is 11.6 Å². The summed E-state index contributed by atoms with van der Waals surface area (Å²) in [5.74, 6) is 0.429. The predicted molar refractivity (Wildman–Crippen MR) is 160 cm³/mol. The van der Waals surface area contributed by atoms with Crippen molar-refractivity contribution in [1.82, 2.24) is 20.2 Å². The minimum atomic E-state index is -0.447. The van der Waals surface area contributed by atoms with Crippen LogP contribution in [0.3, 0.4) is 0 Å². The zero-order chi connectivity index (χ0) is 28.7. The Kier molecular flexibility index (Phi) is 8.90. The lowest BCUT2D eigenvalue weighted by Gasteiger charge is -2.19. The van der Waals surface area contributed by atoms with E-state index in [0.717, 1.165) is 16.8 Å². The Morgan fingerprint density at radius 2 is 1.75 bits per heavy atom. The number of aromatic nitrogens is 3. The molecule has 1 amide bonds. The number of thioether (sulfide) groups is 1. The fourth-order valence-electron chi connectivity index (χ4n) is 3.85. The minimum Gasteiger partial charge on any atom is -0.272 e.